The summed E-state index contributed by atoms with van der Waals surface area (Å²) in [5.41, 5.74) is 8.03. The van der Waals surface area contributed by atoms with E-state index in [1.54, 1.807) is 0 Å². The second kappa shape index (κ2) is 4.60. The summed E-state index contributed by atoms with van der Waals surface area (Å²) >= 11 is 0. The maximum atomic E-state index is 5.66. The highest BCUT2D eigenvalue weighted by Gasteiger charge is 2.10. The summed E-state index contributed by atoms with van der Waals surface area (Å²) in [5, 5.41) is 0. The van der Waals surface area contributed by atoms with Crippen molar-refractivity contribution in [1.29, 1.82) is 0 Å². The highest BCUT2D eigenvalue weighted by atomic mass is 15.1. The highest BCUT2D eigenvalue weighted by Crippen LogP contribution is 2.14. The van der Waals surface area contributed by atoms with Crippen molar-refractivity contribution in [3.05, 3.63) is 17.2 Å². The minimum atomic E-state index is 0.551. The standard InChI is InChI=1S/C11H21N3/c1-8(2)5-6-11-10(7-12)13-9(3)14(11)4/h8H,5-7,12H2,1-4H3. The van der Waals surface area contributed by atoms with Gasteiger partial charge in [0.05, 0.1) is 5.69 Å². The third-order valence-corrected chi connectivity index (χ3v) is 2.67. The van der Waals surface area contributed by atoms with Crippen molar-refractivity contribution in [1.82, 2.24) is 9.55 Å². The van der Waals surface area contributed by atoms with Gasteiger partial charge in [0.1, 0.15) is 5.82 Å². The van der Waals surface area contributed by atoms with E-state index < -0.39 is 0 Å². The summed E-state index contributed by atoms with van der Waals surface area (Å²) in [7, 11) is 2.07. The largest absolute Gasteiger partial charge is 0.335 e. The van der Waals surface area contributed by atoms with Crippen LogP contribution in [-0.2, 0) is 20.0 Å². The van der Waals surface area contributed by atoms with Crippen LogP contribution in [0.4, 0.5) is 0 Å². The van der Waals surface area contributed by atoms with Crippen molar-refractivity contribution in [3.63, 3.8) is 0 Å². The molecule has 0 spiro atoms. The lowest BCUT2D eigenvalue weighted by molar-refractivity contribution is 0.570. The fourth-order valence-electron chi connectivity index (χ4n) is 1.62. The van der Waals surface area contributed by atoms with Gasteiger partial charge in [0.2, 0.25) is 0 Å². The number of rotatable bonds is 4. The molecule has 14 heavy (non-hydrogen) atoms. The number of nitrogens with zero attached hydrogens (tertiary/aromatic N) is 2. The van der Waals surface area contributed by atoms with E-state index in [-0.39, 0.29) is 0 Å². The summed E-state index contributed by atoms with van der Waals surface area (Å²) in [6, 6.07) is 0. The molecular weight excluding hydrogens is 174 g/mol. The number of nitrogens with two attached hydrogens (primary N) is 1. The predicted molar refractivity (Wildman–Crippen MR) is 59.0 cm³/mol. The van der Waals surface area contributed by atoms with Gasteiger partial charge in [-0.25, -0.2) is 4.98 Å². The maximum Gasteiger partial charge on any atom is 0.105 e. The Morgan fingerprint density at radius 2 is 2.07 bits per heavy atom. The molecule has 0 amide bonds. The fraction of sp³-hybridized carbons (Fsp3) is 0.727. The van der Waals surface area contributed by atoms with E-state index in [4.69, 9.17) is 5.73 Å². The van der Waals surface area contributed by atoms with Crippen molar-refractivity contribution in [2.75, 3.05) is 0 Å². The summed E-state index contributed by atoms with van der Waals surface area (Å²) in [6.45, 7) is 7.06. The van der Waals surface area contributed by atoms with Crippen LogP contribution in [0.15, 0.2) is 0 Å². The number of hydrogen-bond acceptors (Lipinski definition) is 2. The van der Waals surface area contributed by atoms with Gasteiger partial charge in [0, 0.05) is 19.3 Å². The first kappa shape index (κ1) is 11.2. The molecule has 1 heterocycles. The summed E-state index contributed by atoms with van der Waals surface area (Å²) in [4.78, 5) is 4.44. The zero-order valence-electron chi connectivity index (χ0n) is 9.67. The van der Waals surface area contributed by atoms with Crippen molar-refractivity contribution < 1.29 is 0 Å². The maximum absolute atomic E-state index is 5.66. The predicted octanol–water partition coefficient (Wildman–Crippen LogP) is 1.78. The van der Waals surface area contributed by atoms with Gasteiger partial charge in [-0.05, 0) is 25.7 Å². The highest BCUT2D eigenvalue weighted by molar-refractivity contribution is 5.16. The Morgan fingerprint density at radius 1 is 1.43 bits per heavy atom. The minimum Gasteiger partial charge on any atom is -0.335 e. The van der Waals surface area contributed by atoms with E-state index >= 15 is 0 Å². The van der Waals surface area contributed by atoms with Crippen LogP contribution in [0.2, 0.25) is 0 Å². The third-order valence-electron chi connectivity index (χ3n) is 2.67. The first-order valence-corrected chi connectivity index (χ1v) is 5.27. The fourth-order valence-corrected chi connectivity index (χ4v) is 1.62. The van der Waals surface area contributed by atoms with Crippen molar-refractivity contribution in [2.24, 2.45) is 18.7 Å². The Morgan fingerprint density at radius 3 is 2.57 bits per heavy atom. The molecule has 0 radical (unpaired) electrons. The molecule has 0 saturated carbocycles. The first-order chi connectivity index (χ1) is 6.56. The van der Waals surface area contributed by atoms with Crippen LogP contribution in [0.5, 0.6) is 0 Å². The molecule has 0 atom stereocenters. The van der Waals surface area contributed by atoms with Crippen molar-refractivity contribution in [3.8, 4) is 0 Å². The summed E-state index contributed by atoms with van der Waals surface area (Å²) < 4.78 is 2.16. The van der Waals surface area contributed by atoms with Crippen LogP contribution in [0.3, 0.4) is 0 Å². The molecule has 0 aliphatic heterocycles. The van der Waals surface area contributed by atoms with Gasteiger partial charge in [-0.2, -0.15) is 0 Å². The van der Waals surface area contributed by atoms with E-state index in [0.29, 0.717) is 6.54 Å². The molecular formula is C11H21N3. The van der Waals surface area contributed by atoms with Gasteiger partial charge in [-0.1, -0.05) is 13.8 Å². The van der Waals surface area contributed by atoms with E-state index in [0.717, 1.165) is 23.9 Å². The van der Waals surface area contributed by atoms with Crippen LogP contribution >= 0.6 is 0 Å². The van der Waals surface area contributed by atoms with Crippen LogP contribution in [0.25, 0.3) is 0 Å². The van der Waals surface area contributed by atoms with E-state index in [2.05, 4.69) is 30.4 Å². The van der Waals surface area contributed by atoms with Gasteiger partial charge in [0.25, 0.3) is 0 Å². The van der Waals surface area contributed by atoms with E-state index in [1.807, 2.05) is 6.92 Å². The molecule has 0 aromatic carbocycles. The van der Waals surface area contributed by atoms with Gasteiger partial charge >= 0.3 is 0 Å². The van der Waals surface area contributed by atoms with Crippen molar-refractivity contribution in [2.45, 2.75) is 40.2 Å². The summed E-state index contributed by atoms with van der Waals surface area (Å²) in [6.07, 6.45) is 2.29. The van der Waals surface area contributed by atoms with Gasteiger partial charge in [0.15, 0.2) is 0 Å². The Kier molecular flexibility index (Phi) is 3.69. The van der Waals surface area contributed by atoms with E-state index in [1.165, 1.54) is 12.1 Å². The molecule has 1 rings (SSSR count). The van der Waals surface area contributed by atoms with Crippen molar-refractivity contribution >= 4 is 0 Å². The Bertz CT molecular complexity index is 300. The number of hydrogen-bond donors (Lipinski definition) is 1. The molecule has 0 bridgehead atoms. The quantitative estimate of drug-likeness (QED) is 0.795. The molecule has 1 aromatic rings. The second-order valence-corrected chi connectivity index (χ2v) is 4.25. The van der Waals surface area contributed by atoms with Crippen LogP contribution in [0.1, 0.15) is 37.5 Å². The Labute approximate surface area is 86.3 Å². The monoisotopic (exact) mass is 195 g/mol. The third kappa shape index (κ3) is 2.35. The Balaban J connectivity index is 2.82. The lowest BCUT2D eigenvalue weighted by Crippen LogP contribution is -2.05. The molecule has 1 aromatic heterocycles. The first-order valence-electron chi connectivity index (χ1n) is 5.27. The minimum absolute atomic E-state index is 0.551. The molecule has 0 aliphatic carbocycles. The zero-order valence-corrected chi connectivity index (χ0v) is 9.67. The molecule has 3 nitrogen and oxygen atoms in total. The molecule has 0 aliphatic rings. The molecule has 3 heteroatoms. The van der Waals surface area contributed by atoms with E-state index in [9.17, 15) is 0 Å². The number of aryl methyl sites for hydroxylation is 1. The Hall–Kier alpha value is -0.830. The van der Waals surface area contributed by atoms with Gasteiger partial charge in [-0.3, -0.25) is 0 Å². The van der Waals surface area contributed by atoms with Gasteiger partial charge in [-0.15, -0.1) is 0 Å². The molecule has 0 unspecified atom stereocenters. The second-order valence-electron chi connectivity index (χ2n) is 4.25. The zero-order chi connectivity index (χ0) is 10.7. The normalized spacial score (nSPS) is 11.3. The molecule has 2 N–H and O–H groups in total. The molecule has 0 fully saturated rings. The average Bonchev–Trinajstić information content (AvgIpc) is 2.40. The van der Waals surface area contributed by atoms with Crippen LogP contribution < -0.4 is 5.73 Å². The summed E-state index contributed by atoms with van der Waals surface area (Å²) in [5.74, 6) is 1.79. The average molecular weight is 195 g/mol. The number of imidazole rings is 1. The SMILES string of the molecule is Cc1nc(CN)c(CCC(C)C)n1C. The topological polar surface area (TPSA) is 43.8 Å². The lowest BCUT2D eigenvalue weighted by atomic mass is 10.1. The molecule has 0 saturated heterocycles. The molecule has 80 valence electrons. The smallest absolute Gasteiger partial charge is 0.105 e. The van der Waals surface area contributed by atoms with Gasteiger partial charge < -0.3 is 10.3 Å². The van der Waals surface area contributed by atoms with Crippen LogP contribution in [0, 0.1) is 12.8 Å². The lowest BCUT2D eigenvalue weighted by Gasteiger charge is -2.07. The van der Waals surface area contributed by atoms with Crippen LogP contribution in [-0.4, -0.2) is 9.55 Å². The number of aromatic nitrogens is 2.